The first-order chi connectivity index (χ1) is 9.74. The van der Waals surface area contributed by atoms with Crippen LogP contribution in [-0.2, 0) is 13.0 Å². The van der Waals surface area contributed by atoms with E-state index in [1.807, 2.05) is 6.07 Å². The lowest BCUT2D eigenvalue weighted by molar-refractivity contribution is 0.549. The Morgan fingerprint density at radius 1 is 1.25 bits per heavy atom. The topological polar surface area (TPSA) is 12.0 Å². The van der Waals surface area contributed by atoms with E-state index in [0.29, 0.717) is 6.04 Å². The van der Waals surface area contributed by atoms with Gasteiger partial charge in [-0.3, -0.25) is 0 Å². The molecule has 0 amide bonds. The first-order valence-corrected chi connectivity index (χ1v) is 8.78. The highest BCUT2D eigenvalue weighted by Gasteiger charge is 2.11. The van der Waals surface area contributed by atoms with E-state index in [2.05, 4.69) is 47.3 Å². The fraction of sp³-hybridized carbons (Fsp3) is 0.250. The molecule has 1 unspecified atom stereocenters. The van der Waals surface area contributed by atoms with E-state index in [4.69, 9.17) is 11.6 Å². The minimum absolute atomic E-state index is 0.450. The second kappa shape index (κ2) is 6.27. The summed E-state index contributed by atoms with van der Waals surface area (Å²) in [6.45, 7) is 3.06. The normalized spacial score (nSPS) is 12.9. The van der Waals surface area contributed by atoms with Gasteiger partial charge in [0.15, 0.2) is 0 Å². The number of rotatable bonds is 5. The highest BCUT2D eigenvalue weighted by Crippen LogP contribution is 2.35. The number of hydrogen-bond donors (Lipinski definition) is 1. The van der Waals surface area contributed by atoms with Gasteiger partial charge in [-0.05, 0) is 41.8 Å². The average Bonchev–Trinajstić information content (AvgIpc) is 3.06. The molecule has 1 atom stereocenters. The van der Waals surface area contributed by atoms with Gasteiger partial charge < -0.3 is 5.32 Å². The molecule has 4 heteroatoms. The van der Waals surface area contributed by atoms with Crippen molar-refractivity contribution in [2.45, 2.75) is 25.9 Å². The summed E-state index contributed by atoms with van der Waals surface area (Å²) in [5, 5.41) is 9.98. The molecule has 20 heavy (non-hydrogen) atoms. The Balaban J connectivity index is 1.66. The van der Waals surface area contributed by atoms with Crippen LogP contribution in [0.5, 0.6) is 0 Å². The summed E-state index contributed by atoms with van der Waals surface area (Å²) in [6, 6.07) is 11.0. The highest BCUT2D eigenvalue weighted by molar-refractivity contribution is 7.19. The second-order valence-corrected chi connectivity index (χ2v) is 7.25. The third-order valence-electron chi connectivity index (χ3n) is 3.33. The Bertz CT molecular complexity index is 688. The predicted octanol–water partition coefficient (Wildman–Crippen LogP) is 5.34. The van der Waals surface area contributed by atoms with E-state index in [0.717, 1.165) is 18.0 Å². The zero-order valence-corrected chi connectivity index (χ0v) is 13.6. The molecule has 1 nitrogen and oxygen atoms in total. The lowest BCUT2D eigenvalue weighted by Gasteiger charge is -2.12. The molecular weight excluding hydrogens is 306 g/mol. The maximum atomic E-state index is 6.46. The standard InChI is InChI=1S/C16H16ClNS2/c1-11(8-12-6-7-19-10-12)18-9-15-16(17)13-4-2-3-5-14(13)20-15/h2-7,10-11,18H,8-9H2,1H3. The molecule has 104 valence electrons. The van der Waals surface area contributed by atoms with Gasteiger partial charge >= 0.3 is 0 Å². The van der Waals surface area contributed by atoms with Gasteiger partial charge in [0.1, 0.15) is 0 Å². The number of hydrogen-bond acceptors (Lipinski definition) is 3. The van der Waals surface area contributed by atoms with Gasteiger partial charge in [-0.1, -0.05) is 29.8 Å². The van der Waals surface area contributed by atoms with Crippen LogP contribution in [0.15, 0.2) is 41.1 Å². The summed E-state index contributed by atoms with van der Waals surface area (Å²) in [7, 11) is 0. The minimum atomic E-state index is 0.450. The van der Waals surface area contributed by atoms with E-state index in [9.17, 15) is 0 Å². The molecule has 3 rings (SSSR count). The first-order valence-electron chi connectivity index (χ1n) is 6.64. The predicted molar refractivity (Wildman–Crippen MR) is 91.2 cm³/mol. The first kappa shape index (κ1) is 14.1. The summed E-state index contributed by atoms with van der Waals surface area (Å²) in [6.07, 6.45) is 1.06. The Labute approximate surface area is 132 Å². The van der Waals surface area contributed by atoms with E-state index in [1.54, 1.807) is 22.7 Å². The number of nitrogens with one attached hydrogen (secondary N) is 1. The van der Waals surface area contributed by atoms with Gasteiger partial charge in [0.25, 0.3) is 0 Å². The Morgan fingerprint density at radius 2 is 2.10 bits per heavy atom. The zero-order chi connectivity index (χ0) is 13.9. The summed E-state index contributed by atoms with van der Waals surface area (Å²) in [5.41, 5.74) is 1.40. The second-order valence-electron chi connectivity index (χ2n) is 4.95. The lowest BCUT2D eigenvalue weighted by atomic mass is 10.1. The van der Waals surface area contributed by atoms with Crippen molar-refractivity contribution in [3.8, 4) is 0 Å². The van der Waals surface area contributed by atoms with Crippen LogP contribution in [0.4, 0.5) is 0 Å². The van der Waals surface area contributed by atoms with Crippen molar-refractivity contribution >= 4 is 44.4 Å². The molecule has 0 saturated heterocycles. The van der Waals surface area contributed by atoms with Crippen LogP contribution in [0.25, 0.3) is 10.1 Å². The SMILES string of the molecule is CC(Cc1ccsc1)NCc1sc2ccccc2c1Cl. The molecule has 1 aromatic carbocycles. The molecule has 0 fully saturated rings. The smallest absolute Gasteiger partial charge is 0.0636 e. The van der Waals surface area contributed by atoms with Gasteiger partial charge in [-0.2, -0.15) is 11.3 Å². The fourth-order valence-corrected chi connectivity index (χ4v) is 4.41. The van der Waals surface area contributed by atoms with Crippen LogP contribution in [0.2, 0.25) is 5.02 Å². The maximum Gasteiger partial charge on any atom is 0.0636 e. The number of halogens is 1. The largest absolute Gasteiger partial charge is 0.309 e. The van der Waals surface area contributed by atoms with Crippen LogP contribution in [-0.4, -0.2) is 6.04 Å². The molecule has 0 spiro atoms. The van der Waals surface area contributed by atoms with Crippen molar-refractivity contribution in [3.05, 3.63) is 56.6 Å². The molecule has 0 aliphatic heterocycles. The van der Waals surface area contributed by atoms with Crippen molar-refractivity contribution in [2.75, 3.05) is 0 Å². The van der Waals surface area contributed by atoms with E-state index in [1.165, 1.54) is 20.5 Å². The number of thiophene rings is 2. The van der Waals surface area contributed by atoms with E-state index < -0.39 is 0 Å². The minimum Gasteiger partial charge on any atom is -0.309 e. The molecule has 0 saturated carbocycles. The molecule has 0 aliphatic rings. The van der Waals surface area contributed by atoms with Crippen LogP contribution >= 0.6 is 34.3 Å². The van der Waals surface area contributed by atoms with Gasteiger partial charge in [0.2, 0.25) is 0 Å². The molecule has 1 N–H and O–H groups in total. The maximum absolute atomic E-state index is 6.46. The Kier molecular flexibility index (Phi) is 4.41. The lowest BCUT2D eigenvalue weighted by Crippen LogP contribution is -2.27. The van der Waals surface area contributed by atoms with Crippen LogP contribution in [0, 0.1) is 0 Å². The third-order valence-corrected chi connectivity index (χ3v) is 5.78. The summed E-state index contributed by atoms with van der Waals surface area (Å²) < 4.78 is 1.26. The molecular formula is C16H16ClNS2. The molecule has 0 aliphatic carbocycles. The monoisotopic (exact) mass is 321 g/mol. The Morgan fingerprint density at radius 3 is 2.85 bits per heavy atom. The van der Waals surface area contributed by atoms with Gasteiger partial charge in [-0.15, -0.1) is 11.3 Å². The highest BCUT2D eigenvalue weighted by atomic mass is 35.5. The summed E-state index contributed by atoms with van der Waals surface area (Å²) >= 11 is 9.99. The van der Waals surface area contributed by atoms with Crippen molar-refractivity contribution in [1.29, 1.82) is 0 Å². The third kappa shape index (κ3) is 3.07. The average molecular weight is 322 g/mol. The van der Waals surface area contributed by atoms with Gasteiger partial charge in [0.05, 0.1) is 5.02 Å². The molecule has 0 bridgehead atoms. The Hall–Kier alpha value is -0.870. The van der Waals surface area contributed by atoms with Crippen molar-refractivity contribution in [2.24, 2.45) is 0 Å². The molecule has 2 heterocycles. The van der Waals surface area contributed by atoms with Crippen molar-refractivity contribution in [3.63, 3.8) is 0 Å². The van der Waals surface area contributed by atoms with Crippen LogP contribution < -0.4 is 5.32 Å². The molecule has 2 aromatic heterocycles. The summed E-state index contributed by atoms with van der Waals surface area (Å²) in [5.74, 6) is 0. The van der Waals surface area contributed by atoms with E-state index >= 15 is 0 Å². The molecule has 3 aromatic rings. The van der Waals surface area contributed by atoms with E-state index in [-0.39, 0.29) is 0 Å². The fourth-order valence-electron chi connectivity index (χ4n) is 2.28. The molecule has 0 radical (unpaired) electrons. The summed E-state index contributed by atoms with van der Waals surface area (Å²) in [4.78, 5) is 1.23. The number of fused-ring (bicyclic) bond motifs is 1. The number of benzene rings is 1. The van der Waals surface area contributed by atoms with Crippen molar-refractivity contribution in [1.82, 2.24) is 5.32 Å². The van der Waals surface area contributed by atoms with Crippen molar-refractivity contribution < 1.29 is 0 Å². The van der Waals surface area contributed by atoms with Crippen LogP contribution in [0.3, 0.4) is 0 Å². The van der Waals surface area contributed by atoms with Crippen LogP contribution in [0.1, 0.15) is 17.4 Å². The van der Waals surface area contributed by atoms with Gasteiger partial charge in [0, 0.05) is 27.5 Å². The quantitative estimate of drug-likeness (QED) is 0.669. The van der Waals surface area contributed by atoms with Gasteiger partial charge in [-0.25, -0.2) is 0 Å². The zero-order valence-electron chi connectivity index (χ0n) is 11.2.